The summed E-state index contributed by atoms with van der Waals surface area (Å²) < 4.78 is 7.47. The molecule has 0 spiro atoms. The monoisotopic (exact) mass is 301 g/mol. The molecule has 2 aromatic rings. The molecule has 0 saturated carbocycles. The summed E-state index contributed by atoms with van der Waals surface area (Å²) in [7, 11) is 1.80. The van der Waals surface area contributed by atoms with Gasteiger partial charge >= 0.3 is 0 Å². The Morgan fingerprint density at radius 1 is 1.32 bits per heavy atom. The SMILES string of the molecule is Cc1ccc(C(C)C)cc1OC(C)C(=O)Nc1cnn(C)c1. The fourth-order valence-corrected chi connectivity index (χ4v) is 2.08. The molecular formula is C17H23N3O2. The number of carbonyl (C=O) groups excluding carboxylic acids is 1. The number of aryl methyl sites for hydroxylation is 2. The van der Waals surface area contributed by atoms with Crippen LogP contribution in [0.1, 0.15) is 37.8 Å². The fourth-order valence-electron chi connectivity index (χ4n) is 2.08. The maximum Gasteiger partial charge on any atom is 0.265 e. The van der Waals surface area contributed by atoms with Crippen LogP contribution >= 0.6 is 0 Å². The average Bonchev–Trinajstić information content (AvgIpc) is 2.86. The molecule has 1 N–H and O–H groups in total. The number of benzene rings is 1. The van der Waals surface area contributed by atoms with Crippen molar-refractivity contribution in [1.29, 1.82) is 0 Å². The number of nitrogens with zero attached hydrogens (tertiary/aromatic N) is 2. The van der Waals surface area contributed by atoms with Crippen molar-refractivity contribution in [3.63, 3.8) is 0 Å². The quantitative estimate of drug-likeness (QED) is 0.922. The van der Waals surface area contributed by atoms with Gasteiger partial charge < -0.3 is 10.1 Å². The molecule has 1 unspecified atom stereocenters. The topological polar surface area (TPSA) is 56.1 Å². The molecule has 0 radical (unpaired) electrons. The van der Waals surface area contributed by atoms with Crippen molar-refractivity contribution in [3.8, 4) is 5.75 Å². The lowest BCUT2D eigenvalue weighted by atomic mass is 10.0. The number of aromatic nitrogens is 2. The van der Waals surface area contributed by atoms with Crippen LogP contribution in [0, 0.1) is 6.92 Å². The highest BCUT2D eigenvalue weighted by Gasteiger charge is 2.17. The van der Waals surface area contributed by atoms with Gasteiger partial charge in [-0.1, -0.05) is 26.0 Å². The highest BCUT2D eigenvalue weighted by Crippen LogP contribution is 2.25. The zero-order valence-electron chi connectivity index (χ0n) is 13.8. The van der Waals surface area contributed by atoms with Gasteiger partial charge in [0.1, 0.15) is 5.75 Å². The van der Waals surface area contributed by atoms with Crippen molar-refractivity contribution < 1.29 is 9.53 Å². The Balaban J connectivity index is 2.06. The number of carbonyl (C=O) groups is 1. The lowest BCUT2D eigenvalue weighted by Gasteiger charge is -2.17. The molecule has 5 heteroatoms. The molecule has 118 valence electrons. The van der Waals surface area contributed by atoms with E-state index in [9.17, 15) is 4.79 Å². The summed E-state index contributed by atoms with van der Waals surface area (Å²) in [5.74, 6) is 0.977. The molecule has 5 nitrogen and oxygen atoms in total. The van der Waals surface area contributed by atoms with Crippen LogP contribution in [-0.4, -0.2) is 21.8 Å². The highest BCUT2D eigenvalue weighted by molar-refractivity contribution is 5.93. The minimum absolute atomic E-state index is 0.192. The van der Waals surface area contributed by atoms with E-state index < -0.39 is 6.10 Å². The zero-order valence-corrected chi connectivity index (χ0v) is 13.8. The Labute approximate surface area is 131 Å². The van der Waals surface area contributed by atoms with Gasteiger partial charge in [-0.15, -0.1) is 0 Å². The highest BCUT2D eigenvalue weighted by atomic mass is 16.5. The minimum Gasteiger partial charge on any atom is -0.481 e. The van der Waals surface area contributed by atoms with Gasteiger partial charge in [-0.3, -0.25) is 9.48 Å². The molecule has 0 aliphatic carbocycles. The largest absolute Gasteiger partial charge is 0.481 e. The van der Waals surface area contributed by atoms with Crippen molar-refractivity contribution >= 4 is 11.6 Å². The van der Waals surface area contributed by atoms with Crippen LogP contribution < -0.4 is 10.1 Å². The number of nitrogens with one attached hydrogen (secondary N) is 1. The number of hydrogen-bond donors (Lipinski definition) is 1. The first-order valence-electron chi connectivity index (χ1n) is 7.43. The van der Waals surface area contributed by atoms with Crippen molar-refractivity contribution in [3.05, 3.63) is 41.7 Å². The summed E-state index contributed by atoms with van der Waals surface area (Å²) in [6.45, 7) is 7.98. The molecule has 0 saturated heterocycles. The maximum absolute atomic E-state index is 12.2. The van der Waals surface area contributed by atoms with Gasteiger partial charge in [0.05, 0.1) is 11.9 Å². The molecule has 1 heterocycles. The molecule has 0 fully saturated rings. The third-order valence-electron chi connectivity index (χ3n) is 3.52. The van der Waals surface area contributed by atoms with E-state index in [1.807, 2.05) is 19.1 Å². The van der Waals surface area contributed by atoms with Gasteiger partial charge in [0.25, 0.3) is 5.91 Å². The summed E-state index contributed by atoms with van der Waals surface area (Å²) in [4.78, 5) is 12.2. The van der Waals surface area contributed by atoms with Gasteiger partial charge in [-0.2, -0.15) is 5.10 Å². The molecular weight excluding hydrogens is 278 g/mol. The first kappa shape index (κ1) is 16.1. The molecule has 22 heavy (non-hydrogen) atoms. The van der Waals surface area contributed by atoms with Crippen LogP contribution in [0.2, 0.25) is 0 Å². The van der Waals surface area contributed by atoms with Crippen LogP contribution in [0.4, 0.5) is 5.69 Å². The van der Waals surface area contributed by atoms with Crippen molar-refractivity contribution in [2.24, 2.45) is 7.05 Å². The van der Waals surface area contributed by atoms with Gasteiger partial charge in [0.2, 0.25) is 0 Å². The summed E-state index contributed by atoms with van der Waals surface area (Å²) in [5, 5.41) is 6.81. The van der Waals surface area contributed by atoms with E-state index in [1.165, 1.54) is 5.56 Å². The summed E-state index contributed by atoms with van der Waals surface area (Å²) >= 11 is 0. The van der Waals surface area contributed by atoms with Gasteiger partial charge in [-0.05, 0) is 37.0 Å². The lowest BCUT2D eigenvalue weighted by Crippen LogP contribution is -2.30. The average molecular weight is 301 g/mol. The summed E-state index contributed by atoms with van der Waals surface area (Å²) in [6.07, 6.45) is 2.77. The van der Waals surface area contributed by atoms with E-state index in [0.29, 0.717) is 11.6 Å². The van der Waals surface area contributed by atoms with E-state index in [1.54, 1.807) is 31.0 Å². The Bertz CT molecular complexity index is 662. The zero-order chi connectivity index (χ0) is 16.3. The Morgan fingerprint density at radius 3 is 2.64 bits per heavy atom. The second-order valence-electron chi connectivity index (χ2n) is 5.83. The second kappa shape index (κ2) is 6.64. The van der Waals surface area contributed by atoms with Gasteiger partial charge in [0, 0.05) is 13.2 Å². The third-order valence-corrected chi connectivity index (χ3v) is 3.52. The Kier molecular flexibility index (Phi) is 4.85. The van der Waals surface area contributed by atoms with Gasteiger partial charge in [-0.25, -0.2) is 0 Å². The molecule has 1 aromatic heterocycles. The van der Waals surface area contributed by atoms with Crippen molar-refractivity contribution in [1.82, 2.24) is 9.78 Å². The molecule has 1 aromatic carbocycles. The first-order chi connectivity index (χ1) is 10.4. The predicted molar refractivity (Wildman–Crippen MR) is 87.2 cm³/mol. The van der Waals surface area contributed by atoms with Crippen LogP contribution in [0.25, 0.3) is 0 Å². The molecule has 1 atom stereocenters. The summed E-state index contributed by atoms with van der Waals surface area (Å²) in [5.41, 5.74) is 2.88. The second-order valence-corrected chi connectivity index (χ2v) is 5.83. The third kappa shape index (κ3) is 3.87. The summed E-state index contributed by atoms with van der Waals surface area (Å²) in [6, 6.07) is 6.12. The fraction of sp³-hybridized carbons (Fsp3) is 0.412. The standard InChI is InChI=1S/C17H23N3O2/c1-11(2)14-7-6-12(3)16(8-14)22-13(4)17(21)19-15-9-18-20(5)10-15/h6-11,13H,1-5H3,(H,19,21). The van der Waals surface area contributed by atoms with Crippen LogP contribution in [0.15, 0.2) is 30.6 Å². The van der Waals surface area contributed by atoms with E-state index in [2.05, 4.69) is 30.3 Å². The molecule has 1 amide bonds. The maximum atomic E-state index is 12.2. The number of anilines is 1. The van der Waals surface area contributed by atoms with E-state index in [-0.39, 0.29) is 5.91 Å². The van der Waals surface area contributed by atoms with Crippen LogP contribution in [-0.2, 0) is 11.8 Å². The predicted octanol–water partition coefficient (Wildman–Crippen LogP) is 3.26. The molecule has 0 aliphatic heterocycles. The van der Waals surface area contributed by atoms with E-state index >= 15 is 0 Å². The lowest BCUT2D eigenvalue weighted by molar-refractivity contribution is -0.122. The van der Waals surface area contributed by atoms with E-state index in [4.69, 9.17) is 4.74 Å². The number of hydrogen-bond acceptors (Lipinski definition) is 3. The number of rotatable bonds is 5. The normalized spacial score (nSPS) is 12.3. The van der Waals surface area contributed by atoms with Crippen molar-refractivity contribution in [2.45, 2.75) is 39.7 Å². The van der Waals surface area contributed by atoms with Gasteiger partial charge in [0.15, 0.2) is 6.10 Å². The van der Waals surface area contributed by atoms with E-state index in [0.717, 1.165) is 11.3 Å². The minimum atomic E-state index is -0.582. The van der Waals surface area contributed by atoms with Crippen LogP contribution in [0.5, 0.6) is 5.75 Å². The van der Waals surface area contributed by atoms with Crippen LogP contribution in [0.3, 0.4) is 0 Å². The number of amides is 1. The first-order valence-corrected chi connectivity index (χ1v) is 7.43. The van der Waals surface area contributed by atoms with Crippen molar-refractivity contribution in [2.75, 3.05) is 5.32 Å². The Morgan fingerprint density at radius 2 is 2.05 bits per heavy atom. The molecule has 0 aliphatic rings. The molecule has 0 bridgehead atoms. The molecule has 2 rings (SSSR count). The smallest absolute Gasteiger partial charge is 0.265 e. The number of ether oxygens (including phenoxy) is 1. The Hall–Kier alpha value is -2.30.